The topological polar surface area (TPSA) is 47.6 Å². The Hall–Kier alpha value is -0.610. The van der Waals surface area contributed by atoms with Crippen LogP contribution >= 0.6 is 0 Å². The van der Waals surface area contributed by atoms with Gasteiger partial charge in [0.25, 0.3) is 0 Å². The lowest BCUT2D eigenvalue weighted by atomic mass is 10.4. The van der Waals surface area contributed by atoms with Gasteiger partial charge in [-0.05, 0) is 20.8 Å². The maximum absolute atomic E-state index is 9.06. The average molecular weight is 235 g/mol. The Balaban J connectivity index is -0.000000179. The number of amides is 1. The molecule has 4 nitrogen and oxygen atoms in total. The zero-order chi connectivity index (χ0) is 13.2. The fourth-order valence-electron chi connectivity index (χ4n) is 0.518. The number of hydrogen-bond acceptors (Lipinski definition) is 3. The van der Waals surface area contributed by atoms with E-state index in [1.807, 2.05) is 20.8 Å². The molecule has 0 saturated carbocycles. The molecule has 1 amide bonds. The van der Waals surface area contributed by atoms with Crippen LogP contribution in [0.25, 0.3) is 0 Å². The fraction of sp³-hybridized carbons (Fsp3) is 0.917. The molecule has 0 atom stereocenters. The van der Waals surface area contributed by atoms with E-state index >= 15 is 0 Å². The Morgan fingerprint density at radius 3 is 1.50 bits per heavy atom. The first-order valence-corrected chi connectivity index (χ1v) is 5.98. The van der Waals surface area contributed by atoms with E-state index in [1.54, 1.807) is 7.05 Å². The van der Waals surface area contributed by atoms with Crippen LogP contribution in [0.2, 0.25) is 0 Å². The van der Waals surface area contributed by atoms with Gasteiger partial charge < -0.3 is 14.8 Å². The molecule has 0 aliphatic carbocycles. The molecule has 0 radical (unpaired) electrons. The molecule has 4 heteroatoms. The Labute approximate surface area is 101 Å². The highest BCUT2D eigenvalue weighted by atomic mass is 16.7. The van der Waals surface area contributed by atoms with Gasteiger partial charge in [-0.25, -0.2) is 0 Å². The molecular formula is C12H29NO3. The minimum absolute atomic E-state index is 0.0370. The smallest absolute Gasteiger partial charge is 0.206 e. The fourth-order valence-corrected chi connectivity index (χ4v) is 0.518. The summed E-state index contributed by atoms with van der Waals surface area (Å²) in [5.41, 5.74) is 0. The van der Waals surface area contributed by atoms with Crippen molar-refractivity contribution in [3.8, 4) is 0 Å². The number of unbranched alkanes of at least 4 members (excludes halogenated alkanes) is 1. The molecule has 0 aromatic heterocycles. The summed E-state index contributed by atoms with van der Waals surface area (Å²) in [4.78, 5) is 9.06. The highest BCUT2D eigenvalue weighted by Crippen LogP contribution is 1.90. The van der Waals surface area contributed by atoms with E-state index in [-0.39, 0.29) is 6.29 Å². The minimum atomic E-state index is -0.0370. The van der Waals surface area contributed by atoms with E-state index in [0.717, 1.165) is 13.2 Å². The van der Waals surface area contributed by atoms with Gasteiger partial charge >= 0.3 is 0 Å². The van der Waals surface area contributed by atoms with Crippen molar-refractivity contribution in [2.24, 2.45) is 0 Å². The van der Waals surface area contributed by atoms with E-state index in [4.69, 9.17) is 14.3 Å². The first-order valence-electron chi connectivity index (χ1n) is 5.98. The van der Waals surface area contributed by atoms with Crippen molar-refractivity contribution in [1.29, 1.82) is 0 Å². The Morgan fingerprint density at radius 1 is 1.06 bits per heavy atom. The summed E-state index contributed by atoms with van der Waals surface area (Å²) in [5, 5.41) is 2.25. The van der Waals surface area contributed by atoms with Gasteiger partial charge in [-0.1, -0.05) is 26.7 Å². The standard InChI is InChI=1S/C6H14O2.C4H10.C2H5NO/c1-4-7-6(3)8-5-2;1-3-4-2;1-3-2-4/h6H,4-5H2,1-3H3;3-4H2,1-2H3;2H,1H3,(H,3,4). The van der Waals surface area contributed by atoms with Crippen LogP contribution in [0.15, 0.2) is 0 Å². The molecule has 0 spiro atoms. The summed E-state index contributed by atoms with van der Waals surface area (Å²) in [6.45, 7) is 11.6. The molecule has 0 saturated heterocycles. The minimum Gasteiger partial charge on any atom is -0.362 e. The summed E-state index contributed by atoms with van der Waals surface area (Å²) in [6, 6.07) is 0. The largest absolute Gasteiger partial charge is 0.362 e. The van der Waals surface area contributed by atoms with Gasteiger partial charge in [0.2, 0.25) is 6.41 Å². The van der Waals surface area contributed by atoms with E-state index in [0.29, 0.717) is 6.41 Å². The monoisotopic (exact) mass is 235 g/mol. The Morgan fingerprint density at radius 2 is 1.38 bits per heavy atom. The van der Waals surface area contributed by atoms with Crippen molar-refractivity contribution in [1.82, 2.24) is 5.32 Å². The van der Waals surface area contributed by atoms with Gasteiger partial charge in [-0.2, -0.15) is 0 Å². The molecule has 0 unspecified atom stereocenters. The second kappa shape index (κ2) is 23.9. The summed E-state index contributed by atoms with van der Waals surface area (Å²) >= 11 is 0. The molecule has 0 rings (SSSR count). The van der Waals surface area contributed by atoms with Crippen molar-refractivity contribution in [2.45, 2.75) is 53.8 Å². The lowest BCUT2D eigenvalue weighted by Crippen LogP contribution is -2.11. The Bertz CT molecular complexity index is 102. The third kappa shape index (κ3) is 37.6. The molecule has 16 heavy (non-hydrogen) atoms. The van der Waals surface area contributed by atoms with Crippen LogP contribution in [0.3, 0.4) is 0 Å². The number of carbonyl (C=O) groups excluding carboxylic acids is 1. The quantitative estimate of drug-likeness (QED) is 0.568. The second-order valence-corrected chi connectivity index (χ2v) is 2.88. The van der Waals surface area contributed by atoms with Gasteiger partial charge in [-0.15, -0.1) is 0 Å². The van der Waals surface area contributed by atoms with Crippen LogP contribution < -0.4 is 5.32 Å². The van der Waals surface area contributed by atoms with Crippen LogP contribution in [0.1, 0.15) is 47.5 Å². The lowest BCUT2D eigenvalue weighted by molar-refractivity contribution is -0.123. The average Bonchev–Trinajstić information content (AvgIpc) is 2.30. The molecule has 0 bridgehead atoms. The van der Waals surface area contributed by atoms with Gasteiger partial charge in [0.15, 0.2) is 6.29 Å². The number of ether oxygens (including phenoxy) is 2. The van der Waals surface area contributed by atoms with Crippen molar-refractivity contribution in [2.75, 3.05) is 20.3 Å². The predicted molar refractivity (Wildman–Crippen MR) is 68.4 cm³/mol. The molecule has 0 aliphatic rings. The number of nitrogens with one attached hydrogen (secondary N) is 1. The van der Waals surface area contributed by atoms with Crippen molar-refractivity contribution < 1.29 is 14.3 Å². The molecule has 0 fully saturated rings. The van der Waals surface area contributed by atoms with E-state index in [9.17, 15) is 0 Å². The first-order chi connectivity index (χ1) is 7.64. The normalized spacial score (nSPS) is 8.44. The maximum atomic E-state index is 9.06. The summed E-state index contributed by atoms with van der Waals surface area (Å²) in [7, 11) is 1.56. The van der Waals surface area contributed by atoms with E-state index in [1.165, 1.54) is 12.8 Å². The first kappa shape index (κ1) is 20.8. The van der Waals surface area contributed by atoms with Gasteiger partial charge in [-0.3, -0.25) is 4.79 Å². The lowest BCUT2D eigenvalue weighted by Gasteiger charge is -2.09. The predicted octanol–water partition coefficient (Wildman–Crippen LogP) is 2.57. The van der Waals surface area contributed by atoms with Crippen LogP contribution in [0.4, 0.5) is 0 Å². The highest BCUT2D eigenvalue weighted by molar-refractivity contribution is 5.44. The van der Waals surface area contributed by atoms with Crippen molar-refractivity contribution in [3.63, 3.8) is 0 Å². The number of hydrogen-bond donors (Lipinski definition) is 1. The van der Waals surface area contributed by atoms with E-state index in [2.05, 4.69) is 19.2 Å². The zero-order valence-electron chi connectivity index (χ0n) is 11.7. The number of rotatable bonds is 6. The molecular weight excluding hydrogens is 206 g/mol. The van der Waals surface area contributed by atoms with Crippen LogP contribution in [0, 0.1) is 0 Å². The van der Waals surface area contributed by atoms with E-state index < -0.39 is 0 Å². The number of carbonyl (C=O) groups is 1. The molecule has 0 heterocycles. The zero-order valence-corrected chi connectivity index (χ0v) is 11.7. The van der Waals surface area contributed by atoms with Gasteiger partial charge in [0.1, 0.15) is 0 Å². The molecule has 0 aromatic carbocycles. The third-order valence-electron chi connectivity index (χ3n) is 1.42. The Kier molecular flexibility index (Phi) is 31.0. The van der Waals surface area contributed by atoms with Crippen molar-refractivity contribution in [3.05, 3.63) is 0 Å². The summed E-state index contributed by atoms with van der Waals surface area (Å²) in [5.74, 6) is 0. The SMILES string of the molecule is CCCC.CCOC(C)OCC.CNC=O. The van der Waals surface area contributed by atoms with Gasteiger partial charge in [0.05, 0.1) is 0 Å². The van der Waals surface area contributed by atoms with Gasteiger partial charge in [0, 0.05) is 20.3 Å². The molecule has 100 valence electrons. The molecule has 0 aromatic rings. The maximum Gasteiger partial charge on any atom is 0.206 e. The van der Waals surface area contributed by atoms with Crippen molar-refractivity contribution >= 4 is 6.41 Å². The third-order valence-corrected chi connectivity index (χ3v) is 1.42. The highest BCUT2D eigenvalue weighted by Gasteiger charge is 1.94. The van der Waals surface area contributed by atoms with Crippen LogP contribution in [-0.4, -0.2) is 33.0 Å². The summed E-state index contributed by atoms with van der Waals surface area (Å²) < 4.78 is 10.1. The molecule has 1 N–H and O–H groups in total. The summed E-state index contributed by atoms with van der Waals surface area (Å²) in [6.07, 6.45) is 3.23. The van der Waals surface area contributed by atoms with Crippen LogP contribution in [0.5, 0.6) is 0 Å². The van der Waals surface area contributed by atoms with Crippen LogP contribution in [-0.2, 0) is 14.3 Å². The molecule has 0 aliphatic heterocycles. The second-order valence-electron chi connectivity index (χ2n) is 2.88.